The third-order valence-electron chi connectivity index (χ3n) is 6.74. The lowest BCUT2D eigenvalue weighted by atomic mass is 9.81. The van der Waals surface area contributed by atoms with E-state index in [1.807, 2.05) is 19.1 Å². The van der Waals surface area contributed by atoms with Gasteiger partial charge in [0.1, 0.15) is 0 Å². The third-order valence-corrected chi connectivity index (χ3v) is 6.74. The van der Waals surface area contributed by atoms with Crippen LogP contribution in [0.5, 0.6) is 0 Å². The number of nitrogens with one attached hydrogen (secondary N) is 1. The lowest BCUT2D eigenvalue weighted by molar-refractivity contribution is -0.121. The molecule has 2 bridgehead atoms. The summed E-state index contributed by atoms with van der Waals surface area (Å²) in [5.41, 5.74) is 1.36. The van der Waals surface area contributed by atoms with E-state index in [2.05, 4.69) is 40.5 Å². The Hall–Kier alpha value is -2.34. The summed E-state index contributed by atoms with van der Waals surface area (Å²) in [6.45, 7) is 3.03. The number of carbonyl (C=O) groups is 2. The lowest BCUT2D eigenvalue weighted by Crippen LogP contribution is -2.56. The Morgan fingerprint density at radius 3 is 2.52 bits per heavy atom. The molecule has 2 amide bonds. The summed E-state index contributed by atoms with van der Waals surface area (Å²) < 4.78 is 0. The summed E-state index contributed by atoms with van der Waals surface area (Å²) in [4.78, 5) is 27.7. The SMILES string of the molecule is CCCC(C=CCC(=O)NC1CC2CCCC(C1)N2Cc1ccccc1)N(C)C(=O)O. The van der Waals surface area contributed by atoms with Crippen LogP contribution in [-0.2, 0) is 11.3 Å². The first-order valence-electron chi connectivity index (χ1n) is 11.7. The van der Waals surface area contributed by atoms with Gasteiger partial charge in [0.05, 0.1) is 6.04 Å². The van der Waals surface area contributed by atoms with Gasteiger partial charge in [0.25, 0.3) is 0 Å². The molecule has 1 aromatic carbocycles. The molecule has 2 aliphatic heterocycles. The van der Waals surface area contributed by atoms with Crippen LogP contribution < -0.4 is 5.32 Å². The quantitative estimate of drug-likeness (QED) is 0.573. The molecule has 3 unspecified atom stereocenters. The maximum Gasteiger partial charge on any atom is 0.407 e. The fourth-order valence-corrected chi connectivity index (χ4v) is 5.12. The Labute approximate surface area is 186 Å². The van der Waals surface area contributed by atoms with Crippen molar-refractivity contribution in [1.29, 1.82) is 0 Å². The van der Waals surface area contributed by atoms with Crippen LogP contribution in [0.2, 0.25) is 0 Å². The number of fused-ring (bicyclic) bond motifs is 2. The Bertz CT molecular complexity index is 738. The van der Waals surface area contributed by atoms with Crippen molar-refractivity contribution in [2.24, 2.45) is 0 Å². The molecule has 2 aliphatic rings. The third kappa shape index (κ3) is 6.57. The molecule has 6 heteroatoms. The highest BCUT2D eigenvalue weighted by molar-refractivity contribution is 5.77. The number of amides is 2. The molecule has 2 fully saturated rings. The van der Waals surface area contributed by atoms with E-state index < -0.39 is 6.09 Å². The number of piperidine rings is 2. The van der Waals surface area contributed by atoms with Gasteiger partial charge in [-0.25, -0.2) is 4.79 Å². The molecule has 0 spiro atoms. The van der Waals surface area contributed by atoms with E-state index in [4.69, 9.17) is 0 Å². The van der Waals surface area contributed by atoms with Crippen LogP contribution in [0.4, 0.5) is 4.79 Å². The van der Waals surface area contributed by atoms with Gasteiger partial charge >= 0.3 is 6.09 Å². The highest BCUT2D eigenvalue weighted by Crippen LogP contribution is 2.35. The zero-order chi connectivity index (χ0) is 22.2. The maximum absolute atomic E-state index is 12.5. The number of rotatable bonds is 9. The van der Waals surface area contributed by atoms with Crippen molar-refractivity contribution in [1.82, 2.24) is 15.1 Å². The van der Waals surface area contributed by atoms with Crippen molar-refractivity contribution in [3.05, 3.63) is 48.0 Å². The molecule has 2 N–H and O–H groups in total. The Morgan fingerprint density at radius 1 is 1.23 bits per heavy atom. The number of hydrogen-bond donors (Lipinski definition) is 2. The Kier molecular flexibility index (Phi) is 8.52. The number of benzene rings is 1. The van der Waals surface area contributed by atoms with Crippen molar-refractivity contribution in [3.8, 4) is 0 Å². The van der Waals surface area contributed by atoms with Crippen molar-refractivity contribution in [3.63, 3.8) is 0 Å². The van der Waals surface area contributed by atoms with Crippen molar-refractivity contribution < 1.29 is 14.7 Å². The second-order valence-electron chi connectivity index (χ2n) is 9.01. The topological polar surface area (TPSA) is 72.9 Å². The minimum atomic E-state index is -0.943. The van der Waals surface area contributed by atoms with Gasteiger partial charge in [-0.1, -0.05) is 62.2 Å². The van der Waals surface area contributed by atoms with E-state index >= 15 is 0 Å². The molecule has 2 heterocycles. The van der Waals surface area contributed by atoms with Crippen molar-refractivity contribution in [2.75, 3.05) is 7.05 Å². The van der Waals surface area contributed by atoms with Gasteiger partial charge in [-0.3, -0.25) is 9.69 Å². The molecule has 31 heavy (non-hydrogen) atoms. The fraction of sp³-hybridized carbons (Fsp3) is 0.600. The average molecular weight is 428 g/mol. The average Bonchev–Trinajstić information content (AvgIpc) is 2.74. The largest absolute Gasteiger partial charge is 0.465 e. The first kappa shape index (κ1) is 23.3. The van der Waals surface area contributed by atoms with Gasteiger partial charge in [0, 0.05) is 38.1 Å². The second-order valence-corrected chi connectivity index (χ2v) is 9.01. The Morgan fingerprint density at radius 2 is 1.90 bits per heavy atom. The van der Waals surface area contributed by atoms with Gasteiger partial charge in [-0.2, -0.15) is 0 Å². The number of hydrogen-bond acceptors (Lipinski definition) is 3. The van der Waals surface area contributed by atoms with Crippen molar-refractivity contribution >= 4 is 12.0 Å². The van der Waals surface area contributed by atoms with E-state index in [0.29, 0.717) is 18.5 Å². The van der Waals surface area contributed by atoms with Gasteiger partial charge < -0.3 is 15.3 Å². The monoisotopic (exact) mass is 427 g/mol. The van der Waals surface area contributed by atoms with Gasteiger partial charge in [0.2, 0.25) is 5.91 Å². The number of likely N-dealkylation sites (N-methyl/N-ethyl adjacent to an activating group) is 1. The second kappa shape index (κ2) is 11.3. The number of nitrogens with zero attached hydrogens (tertiary/aromatic N) is 2. The predicted molar refractivity (Wildman–Crippen MR) is 123 cm³/mol. The van der Waals surface area contributed by atoms with Crippen LogP contribution in [0.25, 0.3) is 0 Å². The molecule has 0 aliphatic carbocycles. The van der Waals surface area contributed by atoms with Crippen LogP contribution >= 0.6 is 0 Å². The molecule has 0 radical (unpaired) electrons. The molecule has 2 saturated heterocycles. The van der Waals surface area contributed by atoms with E-state index in [1.165, 1.54) is 29.7 Å². The van der Waals surface area contributed by atoms with Gasteiger partial charge in [-0.05, 0) is 37.7 Å². The Balaban J connectivity index is 1.50. The lowest BCUT2D eigenvalue weighted by Gasteiger charge is -2.49. The van der Waals surface area contributed by atoms with Gasteiger partial charge in [-0.15, -0.1) is 0 Å². The first-order chi connectivity index (χ1) is 15.0. The molecule has 0 aromatic heterocycles. The highest BCUT2D eigenvalue weighted by Gasteiger charge is 2.38. The van der Waals surface area contributed by atoms with Crippen LogP contribution in [-0.4, -0.2) is 58.1 Å². The minimum absolute atomic E-state index is 0.0315. The summed E-state index contributed by atoms with van der Waals surface area (Å²) in [5, 5.41) is 12.4. The summed E-state index contributed by atoms with van der Waals surface area (Å²) in [7, 11) is 1.58. The standard InChI is InChI=1S/C25H37N3O3/c1-3-9-21(27(2)25(30)31)12-8-15-24(29)26-20-16-22-13-7-14-23(17-20)28(22)18-19-10-5-4-6-11-19/h4-6,8,10-12,20-23H,3,7,9,13-18H2,1-2H3,(H,26,29)(H,30,31). The summed E-state index contributed by atoms with van der Waals surface area (Å²) >= 11 is 0. The zero-order valence-corrected chi connectivity index (χ0v) is 18.9. The van der Waals surface area contributed by atoms with Crippen LogP contribution in [0.15, 0.2) is 42.5 Å². The van der Waals surface area contributed by atoms with Crippen molar-refractivity contribution in [2.45, 2.75) is 89.0 Å². The molecule has 0 saturated carbocycles. The summed E-state index contributed by atoms with van der Waals surface area (Å²) in [6.07, 6.45) is 10.4. The molecular weight excluding hydrogens is 390 g/mol. The van der Waals surface area contributed by atoms with E-state index in [0.717, 1.165) is 32.2 Å². The molecule has 3 atom stereocenters. The van der Waals surface area contributed by atoms with E-state index in [1.54, 1.807) is 7.05 Å². The van der Waals surface area contributed by atoms with Gasteiger partial charge in [0.15, 0.2) is 0 Å². The molecular formula is C25H37N3O3. The number of carbonyl (C=O) groups excluding carboxylic acids is 1. The minimum Gasteiger partial charge on any atom is -0.465 e. The number of carboxylic acid groups (broad SMARTS) is 1. The van der Waals surface area contributed by atoms with E-state index in [9.17, 15) is 14.7 Å². The van der Waals surface area contributed by atoms with Crippen LogP contribution in [0.1, 0.15) is 63.9 Å². The molecule has 1 aromatic rings. The van der Waals surface area contributed by atoms with Crippen LogP contribution in [0.3, 0.4) is 0 Å². The molecule has 170 valence electrons. The maximum atomic E-state index is 12.5. The molecule has 3 rings (SSSR count). The normalized spacial score (nSPS) is 24.6. The predicted octanol–water partition coefficient (Wildman–Crippen LogP) is 4.41. The zero-order valence-electron chi connectivity index (χ0n) is 18.9. The summed E-state index contributed by atoms with van der Waals surface area (Å²) in [6, 6.07) is 11.8. The highest BCUT2D eigenvalue weighted by atomic mass is 16.4. The van der Waals surface area contributed by atoms with Crippen LogP contribution in [0, 0.1) is 0 Å². The summed E-state index contributed by atoms with van der Waals surface area (Å²) in [5.74, 6) is 0.0315. The fourth-order valence-electron chi connectivity index (χ4n) is 5.12. The van der Waals surface area contributed by atoms with E-state index in [-0.39, 0.29) is 18.0 Å². The molecule has 6 nitrogen and oxygen atoms in total. The smallest absolute Gasteiger partial charge is 0.407 e. The first-order valence-corrected chi connectivity index (χ1v) is 11.7.